The Morgan fingerprint density at radius 3 is 2.33 bits per heavy atom. The summed E-state index contributed by atoms with van der Waals surface area (Å²) in [7, 11) is 0. The first-order valence-corrected chi connectivity index (χ1v) is 10.0. The molecule has 0 unspecified atom stereocenters. The first kappa shape index (κ1) is 21.4. The van der Waals surface area contributed by atoms with Crippen molar-refractivity contribution in [1.29, 1.82) is 0 Å². The zero-order chi connectivity index (χ0) is 21.5. The summed E-state index contributed by atoms with van der Waals surface area (Å²) < 4.78 is 4.95. The Morgan fingerprint density at radius 2 is 1.63 bits per heavy atom. The maximum absolute atomic E-state index is 12.9. The molecule has 30 heavy (non-hydrogen) atoms. The number of esters is 1. The van der Waals surface area contributed by atoms with Crippen LogP contribution in [0.5, 0.6) is 0 Å². The van der Waals surface area contributed by atoms with Gasteiger partial charge in [0.2, 0.25) is 0 Å². The highest BCUT2D eigenvalue weighted by molar-refractivity contribution is 6.35. The number of para-hydroxylation sites is 2. The van der Waals surface area contributed by atoms with E-state index in [1.54, 1.807) is 31.2 Å². The molecular formula is C24H23ClN2O3. The number of ketones is 1. The van der Waals surface area contributed by atoms with Gasteiger partial charge in [-0.15, -0.1) is 0 Å². The number of rotatable bonds is 8. The van der Waals surface area contributed by atoms with Crippen molar-refractivity contribution in [1.82, 2.24) is 0 Å². The number of ether oxygens (including phenoxy) is 1. The molecule has 0 amide bonds. The second-order valence-electron chi connectivity index (χ2n) is 6.67. The van der Waals surface area contributed by atoms with Crippen LogP contribution in [0.3, 0.4) is 0 Å². The molecule has 0 aromatic heterocycles. The molecule has 0 radical (unpaired) electrons. The van der Waals surface area contributed by atoms with E-state index in [-0.39, 0.29) is 18.3 Å². The molecule has 0 saturated carbocycles. The van der Waals surface area contributed by atoms with E-state index in [4.69, 9.17) is 16.3 Å². The number of benzene rings is 3. The van der Waals surface area contributed by atoms with Gasteiger partial charge < -0.3 is 15.4 Å². The minimum Gasteiger partial charge on any atom is -0.465 e. The summed E-state index contributed by atoms with van der Waals surface area (Å²) in [6.07, 6.45) is 0. The van der Waals surface area contributed by atoms with E-state index < -0.39 is 0 Å². The van der Waals surface area contributed by atoms with E-state index in [1.165, 1.54) is 0 Å². The summed E-state index contributed by atoms with van der Waals surface area (Å²) in [4.78, 5) is 24.5. The zero-order valence-corrected chi connectivity index (χ0v) is 17.6. The van der Waals surface area contributed by atoms with Crippen LogP contribution in [-0.2, 0) is 9.53 Å². The van der Waals surface area contributed by atoms with Crippen LogP contribution in [0.15, 0.2) is 66.7 Å². The minimum absolute atomic E-state index is 0.0666. The van der Waals surface area contributed by atoms with Crippen molar-refractivity contribution in [2.75, 3.05) is 23.8 Å². The van der Waals surface area contributed by atoms with E-state index in [9.17, 15) is 9.59 Å². The van der Waals surface area contributed by atoms with Gasteiger partial charge in [-0.25, -0.2) is 0 Å². The smallest absolute Gasteiger partial charge is 0.325 e. The van der Waals surface area contributed by atoms with Gasteiger partial charge in [-0.05, 0) is 49.7 Å². The van der Waals surface area contributed by atoms with E-state index in [0.29, 0.717) is 22.8 Å². The number of carbonyl (C=O) groups excluding carboxylic acids is 2. The van der Waals surface area contributed by atoms with Gasteiger partial charge in [0.1, 0.15) is 6.54 Å². The maximum atomic E-state index is 12.9. The van der Waals surface area contributed by atoms with E-state index in [1.807, 2.05) is 49.4 Å². The molecule has 0 heterocycles. The topological polar surface area (TPSA) is 67.4 Å². The average molecular weight is 423 g/mol. The quantitative estimate of drug-likeness (QED) is 0.365. The number of nitrogens with one attached hydrogen (secondary N) is 2. The summed E-state index contributed by atoms with van der Waals surface area (Å²) in [6, 6.07) is 20.2. The average Bonchev–Trinajstić information content (AvgIpc) is 2.73. The SMILES string of the molecule is CCOC(=O)CNc1ccccc1Nc1ccc(C(=O)c2ccccc2C)c(Cl)c1. The van der Waals surface area contributed by atoms with Crippen molar-refractivity contribution in [3.05, 3.63) is 88.4 Å². The number of hydrogen-bond acceptors (Lipinski definition) is 5. The van der Waals surface area contributed by atoms with Crippen molar-refractivity contribution in [3.8, 4) is 0 Å². The number of hydrogen-bond donors (Lipinski definition) is 2. The third-order valence-electron chi connectivity index (χ3n) is 4.54. The van der Waals surface area contributed by atoms with Crippen LogP contribution in [0.1, 0.15) is 28.4 Å². The Kier molecular flexibility index (Phi) is 7.09. The first-order chi connectivity index (χ1) is 14.5. The lowest BCUT2D eigenvalue weighted by molar-refractivity contribution is -0.140. The number of aryl methyl sites for hydroxylation is 1. The number of anilines is 3. The molecule has 154 valence electrons. The summed E-state index contributed by atoms with van der Waals surface area (Å²) in [5.41, 5.74) is 4.24. The highest BCUT2D eigenvalue weighted by atomic mass is 35.5. The Balaban J connectivity index is 1.78. The molecular weight excluding hydrogens is 400 g/mol. The van der Waals surface area contributed by atoms with Crippen molar-refractivity contribution < 1.29 is 14.3 Å². The van der Waals surface area contributed by atoms with Crippen molar-refractivity contribution in [2.24, 2.45) is 0 Å². The highest BCUT2D eigenvalue weighted by Gasteiger charge is 2.15. The lowest BCUT2D eigenvalue weighted by Crippen LogP contribution is -2.17. The van der Waals surface area contributed by atoms with Gasteiger partial charge in [0.15, 0.2) is 5.78 Å². The predicted molar refractivity (Wildman–Crippen MR) is 121 cm³/mol. The van der Waals surface area contributed by atoms with Crippen LogP contribution < -0.4 is 10.6 Å². The largest absolute Gasteiger partial charge is 0.465 e. The molecule has 0 saturated heterocycles. The molecule has 2 N–H and O–H groups in total. The van der Waals surface area contributed by atoms with Gasteiger partial charge in [0.05, 0.1) is 23.0 Å². The van der Waals surface area contributed by atoms with E-state index in [0.717, 1.165) is 22.6 Å². The maximum Gasteiger partial charge on any atom is 0.325 e. The van der Waals surface area contributed by atoms with Crippen molar-refractivity contribution in [2.45, 2.75) is 13.8 Å². The summed E-state index contributed by atoms with van der Waals surface area (Å²) >= 11 is 6.43. The molecule has 0 bridgehead atoms. The van der Waals surface area contributed by atoms with Crippen LogP contribution in [-0.4, -0.2) is 24.9 Å². The minimum atomic E-state index is -0.325. The normalized spacial score (nSPS) is 10.4. The third-order valence-corrected chi connectivity index (χ3v) is 4.85. The van der Waals surface area contributed by atoms with Gasteiger partial charge >= 0.3 is 5.97 Å². The Morgan fingerprint density at radius 1 is 0.933 bits per heavy atom. The summed E-state index contributed by atoms with van der Waals surface area (Å²) in [5, 5.41) is 6.71. The Bertz CT molecular complexity index is 1070. The van der Waals surface area contributed by atoms with Gasteiger partial charge in [0.25, 0.3) is 0 Å². The molecule has 3 aromatic rings. The molecule has 3 aromatic carbocycles. The number of carbonyl (C=O) groups is 2. The molecule has 5 nitrogen and oxygen atoms in total. The van der Waals surface area contributed by atoms with E-state index in [2.05, 4.69) is 10.6 Å². The fourth-order valence-corrected chi connectivity index (χ4v) is 3.30. The lowest BCUT2D eigenvalue weighted by atomic mass is 9.99. The molecule has 0 fully saturated rings. The van der Waals surface area contributed by atoms with Crippen LogP contribution >= 0.6 is 11.6 Å². The molecule has 0 spiro atoms. The molecule has 0 aliphatic carbocycles. The monoisotopic (exact) mass is 422 g/mol. The fraction of sp³-hybridized carbons (Fsp3) is 0.167. The second kappa shape index (κ2) is 9.94. The Hall–Kier alpha value is -3.31. The first-order valence-electron chi connectivity index (χ1n) is 9.65. The molecule has 6 heteroatoms. The van der Waals surface area contributed by atoms with Crippen LogP contribution in [0.25, 0.3) is 0 Å². The van der Waals surface area contributed by atoms with E-state index >= 15 is 0 Å². The van der Waals surface area contributed by atoms with Crippen molar-refractivity contribution in [3.63, 3.8) is 0 Å². The van der Waals surface area contributed by atoms with Gasteiger partial charge in [-0.2, -0.15) is 0 Å². The zero-order valence-electron chi connectivity index (χ0n) is 16.9. The lowest BCUT2D eigenvalue weighted by Gasteiger charge is -2.14. The molecule has 3 rings (SSSR count). The highest BCUT2D eigenvalue weighted by Crippen LogP contribution is 2.29. The van der Waals surface area contributed by atoms with Gasteiger partial charge in [-0.3, -0.25) is 9.59 Å². The van der Waals surface area contributed by atoms with Crippen LogP contribution in [0.2, 0.25) is 5.02 Å². The number of halogens is 1. The third kappa shape index (κ3) is 5.19. The molecule has 0 atom stereocenters. The molecule has 0 aliphatic rings. The van der Waals surface area contributed by atoms with Gasteiger partial charge in [0, 0.05) is 16.8 Å². The predicted octanol–water partition coefficient (Wildman–Crippen LogP) is 5.60. The van der Waals surface area contributed by atoms with Crippen molar-refractivity contribution >= 4 is 40.4 Å². The molecule has 0 aliphatic heterocycles. The van der Waals surface area contributed by atoms with Crippen LogP contribution in [0, 0.1) is 6.92 Å². The second-order valence-corrected chi connectivity index (χ2v) is 7.08. The Labute approximate surface area is 181 Å². The standard InChI is InChI=1S/C24H23ClN2O3/c1-3-30-23(28)15-26-21-10-6-7-11-22(21)27-17-12-13-19(20(25)14-17)24(29)18-9-5-4-8-16(18)2/h4-14,26-27H,3,15H2,1-2H3. The van der Waals surface area contributed by atoms with Crippen LogP contribution in [0.4, 0.5) is 17.1 Å². The van der Waals surface area contributed by atoms with Gasteiger partial charge in [-0.1, -0.05) is 48.0 Å². The fourth-order valence-electron chi connectivity index (χ4n) is 3.03. The summed E-state index contributed by atoms with van der Waals surface area (Å²) in [6.45, 7) is 4.07. The summed E-state index contributed by atoms with van der Waals surface area (Å²) in [5.74, 6) is -0.435.